The number of hydrogen-bond donors (Lipinski definition) is 1. The molecule has 1 aliphatic rings. The average molecular weight is 576 g/mol. The molecule has 2 heteroatoms. The van der Waals surface area contributed by atoms with Crippen molar-refractivity contribution in [2.24, 2.45) is 0 Å². The van der Waals surface area contributed by atoms with Crippen molar-refractivity contribution in [3.05, 3.63) is 169 Å². The quantitative estimate of drug-likeness (QED) is 0.211. The number of nitrogens with one attached hydrogen (secondary N) is 1. The van der Waals surface area contributed by atoms with Gasteiger partial charge < -0.3 is 10.1 Å². The standard InChI is InChI=1S/C43H29NO/c1-2-11-31(12-3-1)43-44-39-25-24-34(27-40(39)45-43)42-37-16-8-6-14-35(37)41(36-15-7-9-17-38(36)42)30-21-18-29(19-22-30)33-23-20-28-10-4-5-13-32(28)26-33/h1-27,43-44H. The second-order valence-corrected chi connectivity index (χ2v) is 11.7. The molecule has 0 saturated carbocycles. The molecule has 0 radical (unpaired) electrons. The highest BCUT2D eigenvalue weighted by molar-refractivity contribution is 6.21. The Bertz CT molecular complexity index is 2320. The zero-order chi connectivity index (χ0) is 29.7. The lowest BCUT2D eigenvalue weighted by Crippen LogP contribution is -2.09. The molecule has 9 rings (SSSR count). The zero-order valence-electron chi connectivity index (χ0n) is 24.6. The summed E-state index contributed by atoms with van der Waals surface area (Å²) >= 11 is 0. The van der Waals surface area contributed by atoms with Crippen LogP contribution in [0.2, 0.25) is 0 Å². The van der Waals surface area contributed by atoms with E-state index in [9.17, 15) is 0 Å². The minimum Gasteiger partial charge on any atom is -0.464 e. The molecule has 0 aliphatic carbocycles. The maximum absolute atomic E-state index is 6.43. The monoisotopic (exact) mass is 575 g/mol. The van der Waals surface area contributed by atoms with Crippen LogP contribution in [0.25, 0.3) is 65.7 Å². The number of ether oxygens (including phenoxy) is 1. The molecule has 0 fully saturated rings. The van der Waals surface area contributed by atoms with Gasteiger partial charge in [-0.1, -0.05) is 146 Å². The van der Waals surface area contributed by atoms with E-state index in [4.69, 9.17) is 4.74 Å². The van der Waals surface area contributed by atoms with Crippen LogP contribution in [0, 0.1) is 0 Å². The van der Waals surface area contributed by atoms with Crippen molar-refractivity contribution < 1.29 is 4.74 Å². The first-order valence-corrected chi connectivity index (χ1v) is 15.5. The Balaban J connectivity index is 1.17. The van der Waals surface area contributed by atoms with E-state index in [0.29, 0.717) is 0 Å². The minimum atomic E-state index is -0.190. The van der Waals surface area contributed by atoms with E-state index in [-0.39, 0.29) is 6.23 Å². The minimum absolute atomic E-state index is 0.190. The fourth-order valence-electron chi connectivity index (χ4n) is 6.92. The molecule has 212 valence electrons. The molecule has 8 aromatic carbocycles. The molecule has 0 bridgehead atoms. The maximum atomic E-state index is 6.43. The number of rotatable bonds is 4. The highest BCUT2D eigenvalue weighted by Gasteiger charge is 2.25. The van der Waals surface area contributed by atoms with Gasteiger partial charge in [0.05, 0.1) is 5.69 Å². The van der Waals surface area contributed by atoms with E-state index >= 15 is 0 Å². The Morgan fingerprint density at radius 1 is 0.400 bits per heavy atom. The van der Waals surface area contributed by atoms with Gasteiger partial charge in [0.2, 0.25) is 0 Å². The van der Waals surface area contributed by atoms with Crippen molar-refractivity contribution >= 4 is 38.0 Å². The van der Waals surface area contributed by atoms with E-state index in [0.717, 1.165) is 22.6 Å². The van der Waals surface area contributed by atoms with Crippen molar-refractivity contribution in [2.75, 3.05) is 5.32 Å². The zero-order valence-corrected chi connectivity index (χ0v) is 24.6. The Morgan fingerprint density at radius 2 is 0.933 bits per heavy atom. The fourth-order valence-corrected chi connectivity index (χ4v) is 6.92. The van der Waals surface area contributed by atoms with E-state index < -0.39 is 0 Å². The van der Waals surface area contributed by atoms with Crippen molar-refractivity contribution in [3.8, 4) is 39.1 Å². The highest BCUT2D eigenvalue weighted by atomic mass is 16.5. The van der Waals surface area contributed by atoms with E-state index in [1.54, 1.807) is 0 Å². The third kappa shape index (κ3) is 4.34. The molecule has 1 unspecified atom stereocenters. The summed E-state index contributed by atoms with van der Waals surface area (Å²) < 4.78 is 6.43. The smallest absolute Gasteiger partial charge is 0.196 e. The van der Waals surface area contributed by atoms with Crippen LogP contribution in [-0.4, -0.2) is 0 Å². The number of benzene rings is 8. The summed E-state index contributed by atoms with van der Waals surface area (Å²) in [5.41, 5.74) is 9.43. The van der Waals surface area contributed by atoms with Crippen molar-refractivity contribution in [2.45, 2.75) is 6.23 Å². The lowest BCUT2D eigenvalue weighted by atomic mass is 9.85. The topological polar surface area (TPSA) is 21.3 Å². The summed E-state index contributed by atoms with van der Waals surface area (Å²) in [6.07, 6.45) is -0.190. The molecule has 1 aliphatic heterocycles. The van der Waals surface area contributed by atoms with Gasteiger partial charge in [0.15, 0.2) is 6.23 Å². The van der Waals surface area contributed by atoms with E-state index in [1.807, 2.05) is 18.2 Å². The van der Waals surface area contributed by atoms with Gasteiger partial charge >= 0.3 is 0 Å². The summed E-state index contributed by atoms with van der Waals surface area (Å²) in [5, 5.41) is 11.0. The molecule has 1 N–H and O–H groups in total. The van der Waals surface area contributed by atoms with Gasteiger partial charge in [0.25, 0.3) is 0 Å². The van der Waals surface area contributed by atoms with Gasteiger partial charge in [0.1, 0.15) is 5.75 Å². The molecule has 8 aromatic rings. The molecule has 45 heavy (non-hydrogen) atoms. The number of hydrogen-bond acceptors (Lipinski definition) is 2. The predicted octanol–water partition coefficient (Wildman–Crippen LogP) is 11.7. The van der Waals surface area contributed by atoms with Gasteiger partial charge in [0, 0.05) is 5.56 Å². The summed E-state index contributed by atoms with van der Waals surface area (Å²) in [6.45, 7) is 0. The Morgan fingerprint density at radius 3 is 1.62 bits per heavy atom. The molecule has 1 atom stereocenters. The number of anilines is 1. The van der Waals surface area contributed by atoms with Crippen LogP contribution in [0.5, 0.6) is 5.75 Å². The summed E-state index contributed by atoms with van der Waals surface area (Å²) in [5.74, 6) is 0.878. The van der Waals surface area contributed by atoms with Crippen LogP contribution >= 0.6 is 0 Å². The normalized spacial score (nSPS) is 13.9. The predicted molar refractivity (Wildman–Crippen MR) is 189 cm³/mol. The maximum Gasteiger partial charge on any atom is 0.196 e. The van der Waals surface area contributed by atoms with Crippen molar-refractivity contribution in [3.63, 3.8) is 0 Å². The van der Waals surface area contributed by atoms with Crippen LogP contribution in [0.1, 0.15) is 11.8 Å². The van der Waals surface area contributed by atoms with Crippen molar-refractivity contribution in [1.29, 1.82) is 0 Å². The van der Waals surface area contributed by atoms with Crippen LogP contribution < -0.4 is 10.1 Å². The lowest BCUT2D eigenvalue weighted by molar-refractivity contribution is 0.260. The Kier molecular flexibility index (Phi) is 5.92. The van der Waals surface area contributed by atoms with Crippen molar-refractivity contribution in [1.82, 2.24) is 0 Å². The van der Waals surface area contributed by atoms with Crippen LogP contribution in [0.3, 0.4) is 0 Å². The first kappa shape index (κ1) is 25.6. The third-order valence-corrected chi connectivity index (χ3v) is 9.09. The highest BCUT2D eigenvalue weighted by Crippen LogP contribution is 2.47. The molecule has 0 amide bonds. The first-order valence-electron chi connectivity index (χ1n) is 15.5. The first-order chi connectivity index (χ1) is 22.3. The van der Waals surface area contributed by atoms with Gasteiger partial charge in [-0.15, -0.1) is 0 Å². The molecule has 2 nitrogen and oxygen atoms in total. The third-order valence-electron chi connectivity index (χ3n) is 9.09. The van der Waals surface area contributed by atoms with E-state index in [1.165, 1.54) is 60.1 Å². The SMILES string of the molecule is c1ccc(C2Nc3ccc(-c4c5ccccc5c(-c5ccc(-c6ccc7ccccc7c6)cc5)c5ccccc45)cc3O2)cc1. The molecule has 0 aromatic heterocycles. The van der Waals surface area contributed by atoms with Gasteiger partial charge in [-0.3, -0.25) is 0 Å². The van der Waals surface area contributed by atoms with Gasteiger partial charge in [-0.05, 0) is 83.9 Å². The summed E-state index contributed by atoms with van der Waals surface area (Å²) in [4.78, 5) is 0. The Labute approximate surface area is 262 Å². The van der Waals surface area contributed by atoms with Gasteiger partial charge in [-0.2, -0.15) is 0 Å². The molecule has 0 spiro atoms. The second-order valence-electron chi connectivity index (χ2n) is 11.7. The second kappa shape index (κ2) is 10.4. The van der Waals surface area contributed by atoms with Gasteiger partial charge in [-0.25, -0.2) is 0 Å². The van der Waals surface area contributed by atoms with E-state index in [2.05, 4.69) is 151 Å². The molecular weight excluding hydrogens is 546 g/mol. The van der Waals surface area contributed by atoms with Crippen LogP contribution in [0.4, 0.5) is 5.69 Å². The molecule has 0 saturated heterocycles. The summed E-state index contributed by atoms with van der Waals surface area (Å²) in [6, 6.07) is 58.8. The molecule has 1 heterocycles. The fraction of sp³-hybridized carbons (Fsp3) is 0.0233. The Hall–Kier alpha value is -5.86. The average Bonchev–Trinajstić information content (AvgIpc) is 3.55. The van der Waals surface area contributed by atoms with Crippen LogP contribution in [0.15, 0.2) is 164 Å². The van der Waals surface area contributed by atoms with Crippen LogP contribution in [-0.2, 0) is 0 Å². The molecular formula is C43H29NO. The number of fused-ring (bicyclic) bond motifs is 4. The lowest BCUT2D eigenvalue weighted by Gasteiger charge is -2.18. The summed E-state index contributed by atoms with van der Waals surface area (Å²) in [7, 11) is 0. The largest absolute Gasteiger partial charge is 0.464 e.